The molecule has 0 N–H and O–H groups in total. The van der Waals surface area contributed by atoms with E-state index in [9.17, 15) is 4.39 Å². The SMILES string of the molecule is Fc1cccc([C@@H]2Cn3cnc(-c4nc(-c5ccc(OCc6ccccc6)cc5)no4)c3CO2)c1. The summed E-state index contributed by atoms with van der Waals surface area (Å²) in [5.74, 6) is 1.27. The van der Waals surface area contributed by atoms with E-state index in [0.29, 0.717) is 37.2 Å². The summed E-state index contributed by atoms with van der Waals surface area (Å²) < 4.78 is 32.9. The number of rotatable bonds is 6. The summed E-state index contributed by atoms with van der Waals surface area (Å²) in [6.07, 6.45) is 1.48. The van der Waals surface area contributed by atoms with Gasteiger partial charge in [0.25, 0.3) is 5.89 Å². The van der Waals surface area contributed by atoms with Crippen molar-refractivity contribution < 1.29 is 18.4 Å². The summed E-state index contributed by atoms with van der Waals surface area (Å²) in [4.78, 5) is 9.02. The summed E-state index contributed by atoms with van der Waals surface area (Å²) in [6.45, 7) is 1.33. The smallest absolute Gasteiger partial charge is 0.278 e. The van der Waals surface area contributed by atoms with Crippen LogP contribution in [0.1, 0.15) is 22.9 Å². The van der Waals surface area contributed by atoms with Gasteiger partial charge in [0.2, 0.25) is 5.82 Å². The Morgan fingerprint density at radius 1 is 1.00 bits per heavy atom. The number of ether oxygens (including phenoxy) is 2. The van der Waals surface area contributed by atoms with E-state index in [2.05, 4.69) is 15.1 Å². The van der Waals surface area contributed by atoms with Crippen LogP contribution in [0.2, 0.25) is 0 Å². The van der Waals surface area contributed by atoms with Gasteiger partial charge in [0.15, 0.2) is 5.69 Å². The van der Waals surface area contributed by atoms with Gasteiger partial charge in [-0.2, -0.15) is 4.98 Å². The van der Waals surface area contributed by atoms with Crippen LogP contribution in [0.5, 0.6) is 5.75 Å². The van der Waals surface area contributed by atoms with Crippen molar-refractivity contribution in [2.24, 2.45) is 0 Å². The molecular formula is C27H21FN4O3. The predicted molar refractivity (Wildman–Crippen MR) is 126 cm³/mol. The molecule has 0 saturated carbocycles. The van der Waals surface area contributed by atoms with Gasteiger partial charge in [-0.15, -0.1) is 0 Å². The molecule has 0 saturated heterocycles. The lowest BCUT2D eigenvalue weighted by Crippen LogP contribution is -2.20. The fraction of sp³-hybridized carbons (Fsp3) is 0.148. The quantitative estimate of drug-likeness (QED) is 0.323. The van der Waals surface area contributed by atoms with Gasteiger partial charge in [-0.25, -0.2) is 9.37 Å². The maximum absolute atomic E-state index is 13.6. The monoisotopic (exact) mass is 468 g/mol. The van der Waals surface area contributed by atoms with Gasteiger partial charge in [-0.1, -0.05) is 47.6 Å². The van der Waals surface area contributed by atoms with Crippen LogP contribution in [-0.4, -0.2) is 19.7 Å². The summed E-state index contributed by atoms with van der Waals surface area (Å²) in [6, 6.07) is 24.0. The average Bonchev–Trinajstić information content (AvgIpc) is 3.55. The molecule has 0 aliphatic carbocycles. The first kappa shape index (κ1) is 21.2. The van der Waals surface area contributed by atoms with E-state index < -0.39 is 0 Å². The Morgan fingerprint density at radius 3 is 2.69 bits per heavy atom. The van der Waals surface area contributed by atoms with Crippen LogP contribution < -0.4 is 4.74 Å². The zero-order chi connectivity index (χ0) is 23.6. The van der Waals surface area contributed by atoms with Gasteiger partial charge in [0.1, 0.15) is 24.3 Å². The summed E-state index contributed by atoms with van der Waals surface area (Å²) >= 11 is 0. The average molecular weight is 468 g/mol. The standard InChI is InChI=1S/C27H21FN4O3/c28-21-8-4-7-20(13-21)24-14-32-17-29-25(23(32)16-34-24)27-30-26(31-35-27)19-9-11-22(12-10-19)33-15-18-5-2-1-3-6-18/h1-13,17,24H,14-16H2/t24-/m0/s1. The summed E-state index contributed by atoms with van der Waals surface area (Å²) in [7, 11) is 0. The molecule has 6 rings (SSSR count). The van der Waals surface area contributed by atoms with Crippen LogP contribution >= 0.6 is 0 Å². The molecule has 0 fully saturated rings. The first-order valence-corrected chi connectivity index (χ1v) is 11.3. The highest BCUT2D eigenvalue weighted by molar-refractivity contribution is 5.60. The maximum atomic E-state index is 13.6. The molecule has 5 aromatic rings. The Bertz CT molecular complexity index is 1450. The van der Waals surface area contributed by atoms with Crippen molar-refractivity contribution in [1.29, 1.82) is 0 Å². The maximum Gasteiger partial charge on any atom is 0.278 e. The zero-order valence-electron chi connectivity index (χ0n) is 18.7. The van der Waals surface area contributed by atoms with Gasteiger partial charge in [0, 0.05) is 5.56 Å². The Hall–Kier alpha value is -4.30. The molecule has 2 aromatic heterocycles. The Balaban J connectivity index is 1.16. The van der Waals surface area contributed by atoms with E-state index in [0.717, 1.165) is 28.1 Å². The molecule has 0 radical (unpaired) electrons. The number of benzene rings is 3. The molecule has 1 atom stereocenters. The highest BCUT2D eigenvalue weighted by Crippen LogP contribution is 2.32. The number of fused-ring (bicyclic) bond motifs is 1. The zero-order valence-corrected chi connectivity index (χ0v) is 18.7. The van der Waals surface area contributed by atoms with Gasteiger partial charge in [-0.05, 0) is 47.5 Å². The van der Waals surface area contributed by atoms with Gasteiger partial charge >= 0.3 is 0 Å². The second kappa shape index (κ2) is 9.15. The van der Waals surface area contributed by atoms with Crippen molar-refractivity contribution >= 4 is 0 Å². The highest BCUT2D eigenvalue weighted by atomic mass is 19.1. The third kappa shape index (κ3) is 4.43. The first-order valence-electron chi connectivity index (χ1n) is 11.3. The number of nitrogens with zero attached hydrogens (tertiary/aromatic N) is 4. The van der Waals surface area contributed by atoms with Crippen molar-refractivity contribution in [2.75, 3.05) is 0 Å². The van der Waals surface area contributed by atoms with Crippen LogP contribution in [-0.2, 0) is 24.5 Å². The number of hydrogen-bond donors (Lipinski definition) is 0. The molecule has 3 heterocycles. The van der Waals surface area contributed by atoms with Crippen molar-refractivity contribution in [3.63, 3.8) is 0 Å². The molecule has 3 aromatic carbocycles. The molecule has 174 valence electrons. The molecule has 0 spiro atoms. The Labute approximate surface area is 200 Å². The minimum atomic E-state index is -0.280. The van der Waals surface area contributed by atoms with Crippen LogP contribution in [0.15, 0.2) is 89.7 Å². The lowest BCUT2D eigenvalue weighted by atomic mass is 10.1. The molecule has 7 nitrogen and oxygen atoms in total. The van der Waals surface area contributed by atoms with E-state index in [1.165, 1.54) is 12.1 Å². The number of aromatic nitrogens is 4. The molecule has 35 heavy (non-hydrogen) atoms. The van der Waals surface area contributed by atoms with Crippen molar-refractivity contribution in [2.45, 2.75) is 25.9 Å². The van der Waals surface area contributed by atoms with Gasteiger partial charge in [-0.3, -0.25) is 0 Å². The number of hydrogen-bond acceptors (Lipinski definition) is 6. The molecule has 0 amide bonds. The largest absolute Gasteiger partial charge is 0.489 e. The molecule has 1 aliphatic rings. The van der Waals surface area contributed by atoms with Crippen LogP contribution in [0.25, 0.3) is 23.0 Å². The minimum absolute atomic E-state index is 0.249. The van der Waals surface area contributed by atoms with E-state index >= 15 is 0 Å². The highest BCUT2D eigenvalue weighted by Gasteiger charge is 2.26. The van der Waals surface area contributed by atoms with Crippen molar-refractivity contribution in [3.8, 4) is 28.7 Å². The molecule has 0 unspecified atom stereocenters. The van der Waals surface area contributed by atoms with Gasteiger partial charge < -0.3 is 18.6 Å². The lowest BCUT2D eigenvalue weighted by Gasteiger charge is -2.25. The van der Waals surface area contributed by atoms with E-state index in [1.54, 1.807) is 12.4 Å². The molecule has 8 heteroatoms. The Morgan fingerprint density at radius 2 is 1.86 bits per heavy atom. The van der Waals surface area contributed by atoms with E-state index in [-0.39, 0.29) is 11.9 Å². The van der Waals surface area contributed by atoms with Crippen LogP contribution in [0, 0.1) is 5.82 Å². The van der Waals surface area contributed by atoms with Crippen molar-refractivity contribution in [3.05, 3.63) is 108 Å². The first-order chi connectivity index (χ1) is 17.2. The fourth-order valence-corrected chi connectivity index (χ4v) is 4.09. The minimum Gasteiger partial charge on any atom is -0.489 e. The third-order valence-electron chi connectivity index (χ3n) is 5.94. The topological polar surface area (TPSA) is 75.2 Å². The number of imidazole rings is 1. The van der Waals surface area contributed by atoms with Crippen molar-refractivity contribution in [1.82, 2.24) is 19.7 Å². The lowest BCUT2D eigenvalue weighted by molar-refractivity contribution is 0.00314. The third-order valence-corrected chi connectivity index (χ3v) is 5.94. The second-order valence-electron chi connectivity index (χ2n) is 8.27. The van der Waals surface area contributed by atoms with E-state index in [4.69, 9.17) is 14.0 Å². The fourth-order valence-electron chi connectivity index (χ4n) is 4.09. The van der Waals surface area contributed by atoms with E-state index in [1.807, 2.05) is 65.2 Å². The normalized spacial score (nSPS) is 15.1. The van der Waals surface area contributed by atoms with Gasteiger partial charge in [0.05, 0.1) is 25.2 Å². The molecule has 0 bridgehead atoms. The second-order valence-corrected chi connectivity index (χ2v) is 8.27. The number of halogens is 1. The Kier molecular flexibility index (Phi) is 5.56. The summed E-state index contributed by atoms with van der Waals surface area (Å²) in [5, 5.41) is 4.13. The predicted octanol–water partition coefficient (Wildman–Crippen LogP) is 5.59. The molecular weight excluding hydrogens is 447 g/mol. The van der Waals surface area contributed by atoms with Crippen LogP contribution in [0.3, 0.4) is 0 Å². The molecule has 1 aliphatic heterocycles. The summed E-state index contributed by atoms with van der Waals surface area (Å²) in [5.41, 5.74) is 4.14. The van der Waals surface area contributed by atoms with Crippen LogP contribution in [0.4, 0.5) is 4.39 Å².